The summed E-state index contributed by atoms with van der Waals surface area (Å²) in [6.45, 7) is 0.819. The third kappa shape index (κ3) is 5.52. The SMILES string of the molecule is CN1CCCC1=NS(=O)(=O)c1ccc(NC(=O)CCCCc2nc3ccccc3s2)cc1. The number of hydrogen-bond acceptors (Lipinski definition) is 5. The van der Waals surface area contributed by atoms with Crippen LogP contribution in [0.4, 0.5) is 5.69 Å². The molecule has 1 N–H and O–H groups in total. The maximum atomic E-state index is 12.5. The summed E-state index contributed by atoms with van der Waals surface area (Å²) in [6.07, 6.45) is 4.50. The van der Waals surface area contributed by atoms with Gasteiger partial charge in [0.2, 0.25) is 5.91 Å². The predicted molar refractivity (Wildman–Crippen MR) is 129 cm³/mol. The fourth-order valence-corrected chi connectivity index (χ4v) is 5.73. The van der Waals surface area contributed by atoms with Gasteiger partial charge in [-0.2, -0.15) is 8.42 Å². The van der Waals surface area contributed by atoms with Crippen LogP contribution in [-0.4, -0.2) is 43.6 Å². The zero-order chi connectivity index (χ0) is 22.6. The fourth-order valence-electron chi connectivity index (χ4n) is 3.62. The number of hydrogen-bond donors (Lipinski definition) is 1. The highest BCUT2D eigenvalue weighted by molar-refractivity contribution is 7.90. The molecule has 168 valence electrons. The van der Waals surface area contributed by atoms with Crippen LogP contribution >= 0.6 is 11.3 Å². The van der Waals surface area contributed by atoms with Crippen molar-refractivity contribution in [3.63, 3.8) is 0 Å². The molecule has 0 unspecified atom stereocenters. The van der Waals surface area contributed by atoms with Gasteiger partial charge in [-0.15, -0.1) is 15.7 Å². The molecule has 0 aliphatic carbocycles. The number of amides is 1. The van der Waals surface area contributed by atoms with Crippen molar-refractivity contribution < 1.29 is 13.2 Å². The van der Waals surface area contributed by atoms with E-state index in [1.165, 1.54) is 16.8 Å². The second-order valence-corrected chi connectivity index (χ2v) is 10.6. The lowest BCUT2D eigenvalue weighted by atomic mass is 10.2. The molecule has 1 saturated heterocycles. The monoisotopic (exact) mass is 470 g/mol. The van der Waals surface area contributed by atoms with Crippen molar-refractivity contribution in [2.75, 3.05) is 18.9 Å². The van der Waals surface area contributed by atoms with Crippen molar-refractivity contribution >= 4 is 49.0 Å². The number of nitrogens with zero attached hydrogens (tertiary/aromatic N) is 3. The first kappa shape index (κ1) is 22.4. The smallest absolute Gasteiger partial charge is 0.283 e. The van der Waals surface area contributed by atoms with Crippen LogP contribution in [0.25, 0.3) is 10.2 Å². The molecule has 1 aliphatic heterocycles. The van der Waals surface area contributed by atoms with Gasteiger partial charge in [-0.1, -0.05) is 12.1 Å². The number of para-hydroxylation sites is 1. The van der Waals surface area contributed by atoms with Crippen molar-refractivity contribution in [1.82, 2.24) is 9.88 Å². The summed E-state index contributed by atoms with van der Waals surface area (Å²) in [5.41, 5.74) is 1.60. The highest BCUT2D eigenvalue weighted by atomic mass is 32.2. The van der Waals surface area contributed by atoms with Gasteiger partial charge in [-0.3, -0.25) is 4.79 Å². The number of likely N-dealkylation sites (tertiary alicyclic amines) is 1. The number of rotatable bonds is 8. The van der Waals surface area contributed by atoms with E-state index in [-0.39, 0.29) is 10.8 Å². The Labute approximate surface area is 192 Å². The molecule has 2 aromatic carbocycles. The van der Waals surface area contributed by atoms with Crippen LogP contribution in [-0.2, 0) is 21.2 Å². The van der Waals surface area contributed by atoms with Gasteiger partial charge in [0, 0.05) is 32.1 Å². The molecule has 7 nitrogen and oxygen atoms in total. The molecule has 0 atom stereocenters. The van der Waals surface area contributed by atoms with Gasteiger partial charge >= 0.3 is 0 Å². The highest BCUT2D eigenvalue weighted by Crippen LogP contribution is 2.23. The number of fused-ring (bicyclic) bond motifs is 1. The number of nitrogens with one attached hydrogen (secondary N) is 1. The van der Waals surface area contributed by atoms with Crippen molar-refractivity contribution in [2.24, 2.45) is 4.40 Å². The zero-order valence-corrected chi connectivity index (χ0v) is 19.6. The van der Waals surface area contributed by atoms with Gasteiger partial charge < -0.3 is 10.2 Å². The van der Waals surface area contributed by atoms with Crippen molar-refractivity contribution in [1.29, 1.82) is 0 Å². The average molecular weight is 471 g/mol. The second-order valence-electron chi connectivity index (χ2n) is 7.86. The summed E-state index contributed by atoms with van der Waals surface area (Å²) in [5.74, 6) is 0.506. The predicted octanol–water partition coefficient (Wildman–Crippen LogP) is 4.46. The van der Waals surface area contributed by atoms with E-state index in [2.05, 4.69) is 20.8 Å². The van der Waals surface area contributed by atoms with Gasteiger partial charge in [0.15, 0.2) is 0 Å². The van der Waals surface area contributed by atoms with E-state index in [0.717, 1.165) is 42.8 Å². The quantitative estimate of drug-likeness (QED) is 0.491. The lowest BCUT2D eigenvalue weighted by Gasteiger charge is -2.11. The largest absolute Gasteiger partial charge is 0.362 e. The summed E-state index contributed by atoms with van der Waals surface area (Å²) in [5, 5.41) is 3.92. The topological polar surface area (TPSA) is 91.7 Å². The maximum absolute atomic E-state index is 12.5. The van der Waals surface area contributed by atoms with Crippen LogP contribution < -0.4 is 5.32 Å². The molecular weight excluding hydrogens is 444 g/mol. The molecule has 0 radical (unpaired) electrons. The van der Waals surface area contributed by atoms with Crippen LogP contribution in [0, 0.1) is 0 Å². The molecule has 32 heavy (non-hydrogen) atoms. The molecule has 4 rings (SSSR count). The number of sulfonamides is 1. The lowest BCUT2D eigenvalue weighted by molar-refractivity contribution is -0.116. The molecule has 1 fully saturated rings. The Bertz CT molecular complexity index is 1200. The summed E-state index contributed by atoms with van der Waals surface area (Å²) in [7, 11) is -1.90. The van der Waals surface area contributed by atoms with Crippen LogP contribution in [0.5, 0.6) is 0 Å². The molecule has 1 aliphatic rings. The first-order valence-electron chi connectivity index (χ1n) is 10.7. The molecule has 0 saturated carbocycles. The van der Waals surface area contributed by atoms with Crippen LogP contribution in [0.3, 0.4) is 0 Å². The van der Waals surface area contributed by atoms with Gasteiger partial charge in [-0.25, -0.2) is 4.98 Å². The highest BCUT2D eigenvalue weighted by Gasteiger charge is 2.20. The normalized spacial score (nSPS) is 15.5. The number of aryl methyl sites for hydroxylation is 1. The third-order valence-electron chi connectivity index (χ3n) is 5.38. The van der Waals surface area contributed by atoms with E-state index in [1.807, 2.05) is 30.1 Å². The molecule has 9 heteroatoms. The van der Waals surface area contributed by atoms with Gasteiger partial charge in [-0.05, 0) is 62.1 Å². The lowest BCUT2D eigenvalue weighted by Crippen LogP contribution is -2.20. The number of unbranched alkanes of at least 4 members (excludes halogenated alkanes) is 1. The molecule has 3 aromatic rings. The van der Waals surface area contributed by atoms with E-state index >= 15 is 0 Å². The Morgan fingerprint density at radius 3 is 2.66 bits per heavy atom. The van der Waals surface area contributed by atoms with Crippen LogP contribution in [0.15, 0.2) is 57.8 Å². The Balaban J connectivity index is 1.25. The maximum Gasteiger partial charge on any atom is 0.283 e. The standard InChI is InChI=1S/C23H26N4O3S2/c1-27-16-6-9-21(27)26-32(29,30)18-14-12-17(13-15-18)24-22(28)10-4-5-11-23-25-19-7-2-3-8-20(19)31-23/h2-3,7-8,12-15H,4-6,9-11,16H2,1H3,(H,24,28). The van der Waals surface area contributed by atoms with Crippen LogP contribution in [0.2, 0.25) is 0 Å². The minimum absolute atomic E-state index is 0.0854. The number of amidine groups is 1. The molecular formula is C23H26N4O3S2. The van der Waals surface area contributed by atoms with Gasteiger partial charge in [0.1, 0.15) is 5.84 Å². The number of carbonyl (C=O) groups excluding carboxylic acids is 1. The van der Waals surface area contributed by atoms with E-state index < -0.39 is 10.0 Å². The minimum atomic E-state index is -3.75. The second kappa shape index (κ2) is 9.79. The Hall–Kier alpha value is -2.78. The minimum Gasteiger partial charge on any atom is -0.362 e. The Kier molecular flexibility index (Phi) is 6.86. The van der Waals surface area contributed by atoms with Gasteiger partial charge in [0.25, 0.3) is 10.0 Å². The first-order chi connectivity index (χ1) is 15.4. The van der Waals surface area contributed by atoms with E-state index in [0.29, 0.717) is 24.4 Å². The van der Waals surface area contributed by atoms with E-state index in [9.17, 15) is 13.2 Å². The fraction of sp³-hybridized carbons (Fsp3) is 0.348. The number of carbonyl (C=O) groups is 1. The first-order valence-corrected chi connectivity index (χ1v) is 13.0. The molecule has 0 bridgehead atoms. The van der Waals surface area contributed by atoms with Crippen molar-refractivity contribution in [2.45, 2.75) is 43.4 Å². The number of anilines is 1. The number of thiazole rings is 1. The Morgan fingerprint density at radius 2 is 1.94 bits per heavy atom. The van der Waals surface area contributed by atoms with E-state index in [1.54, 1.807) is 23.5 Å². The summed E-state index contributed by atoms with van der Waals surface area (Å²) < 4.78 is 30.2. The van der Waals surface area contributed by atoms with Gasteiger partial charge in [0.05, 0.1) is 20.1 Å². The zero-order valence-electron chi connectivity index (χ0n) is 18.0. The van der Waals surface area contributed by atoms with E-state index in [4.69, 9.17) is 0 Å². The molecule has 1 amide bonds. The summed E-state index contributed by atoms with van der Waals surface area (Å²) in [4.78, 5) is 18.8. The van der Waals surface area contributed by atoms with Crippen LogP contribution in [0.1, 0.15) is 37.1 Å². The number of benzene rings is 2. The molecule has 1 aromatic heterocycles. The third-order valence-corrected chi connectivity index (χ3v) is 7.79. The van der Waals surface area contributed by atoms with Crippen molar-refractivity contribution in [3.8, 4) is 0 Å². The summed E-state index contributed by atoms with van der Waals surface area (Å²) in [6, 6.07) is 14.3. The Morgan fingerprint density at radius 1 is 1.16 bits per heavy atom. The van der Waals surface area contributed by atoms with Crippen molar-refractivity contribution in [3.05, 3.63) is 53.5 Å². The average Bonchev–Trinajstić information content (AvgIpc) is 3.37. The summed E-state index contributed by atoms with van der Waals surface area (Å²) >= 11 is 1.70. The number of aromatic nitrogens is 1. The molecule has 0 spiro atoms. The molecule has 2 heterocycles.